The van der Waals surface area contributed by atoms with Crippen molar-refractivity contribution in [3.63, 3.8) is 0 Å². The van der Waals surface area contributed by atoms with Crippen LogP contribution in [0.4, 0.5) is 5.69 Å². The first-order chi connectivity index (χ1) is 21.5. The molecule has 1 N–H and O–H groups in total. The molecule has 0 saturated carbocycles. The fourth-order valence-corrected chi connectivity index (χ4v) is 5.65. The number of hydrogen-bond acceptors (Lipinski definition) is 5. The lowest BCUT2D eigenvalue weighted by molar-refractivity contribution is -0.140. The van der Waals surface area contributed by atoms with Gasteiger partial charge in [0.1, 0.15) is 24.1 Å². The normalized spacial score (nSPS) is 12.5. The second-order valence-electron chi connectivity index (χ2n) is 11.2. The molecule has 4 aromatic carbocycles. The van der Waals surface area contributed by atoms with E-state index in [-0.39, 0.29) is 24.9 Å². The van der Waals surface area contributed by atoms with Gasteiger partial charge in [-0.15, -0.1) is 0 Å². The van der Waals surface area contributed by atoms with Gasteiger partial charge in [-0.1, -0.05) is 85.3 Å². The Kier molecular flexibility index (Phi) is 11.4. The molecule has 0 aliphatic rings. The zero-order valence-electron chi connectivity index (χ0n) is 26.2. The fourth-order valence-electron chi connectivity index (χ4n) is 4.80. The predicted octanol–water partition coefficient (Wildman–Crippen LogP) is 6.11. The molecule has 236 valence electrons. The van der Waals surface area contributed by atoms with Crippen molar-refractivity contribution in [3.05, 3.63) is 126 Å². The highest BCUT2D eigenvalue weighted by atomic mass is 32.2. The molecule has 0 heterocycles. The fraction of sp³-hybridized carbons (Fsp3) is 0.278. The van der Waals surface area contributed by atoms with Crippen LogP contribution in [0.1, 0.15) is 37.0 Å². The Morgan fingerprint density at radius 2 is 1.38 bits per heavy atom. The number of nitrogens with zero attached hydrogens (tertiary/aromatic N) is 2. The highest BCUT2D eigenvalue weighted by Crippen LogP contribution is 2.26. The maximum absolute atomic E-state index is 14.3. The molecule has 0 saturated heterocycles. The molecular formula is C36H41N3O5S. The minimum absolute atomic E-state index is 0.101. The summed E-state index contributed by atoms with van der Waals surface area (Å²) in [5.74, 6) is 0.385. The molecule has 0 aliphatic heterocycles. The number of carbonyl (C=O) groups excluding carboxylic acids is 2. The van der Waals surface area contributed by atoms with E-state index < -0.39 is 28.5 Å². The molecular weight excluding hydrogens is 586 g/mol. The third-order valence-corrected chi connectivity index (χ3v) is 8.67. The van der Waals surface area contributed by atoms with Gasteiger partial charge in [-0.05, 0) is 67.8 Å². The summed E-state index contributed by atoms with van der Waals surface area (Å²) in [5, 5.41) is 3.04. The van der Waals surface area contributed by atoms with E-state index in [1.807, 2.05) is 106 Å². The van der Waals surface area contributed by atoms with E-state index in [1.54, 1.807) is 24.3 Å². The van der Waals surface area contributed by atoms with E-state index in [9.17, 15) is 18.0 Å². The van der Waals surface area contributed by atoms with Crippen LogP contribution in [-0.4, -0.2) is 50.0 Å². The number of hydrogen-bond donors (Lipinski definition) is 1. The van der Waals surface area contributed by atoms with E-state index >= 15 is 0 Å². The van der Waals surface area contributed by atoms with Crippen molar-refractivity contribution >= 4 is 27.5 Å². The van der Waals surface area contributed by atoms with Crippen LogP contribution >= 0.6 is 0 Å². The third kappa shape index (κ3) is 9.68. The Hall–Kier alpha value is -4.63. The zero-order valence-corrected chi connectivity index (χ0v) is 27.0. The van der Waals surface area contributed by atoms with E-state index in [0.717, 1.165) is 33.7 Å². The summed E-state index contributed by atoms with van der Waals surface area (Å²) >= 11 is 0. The van der Waals surface area contributed by atoms with Crippen molar-refractivity contribution < 1.29 is 22.7 Å². The maximum atomic E-state index is 14.3. The van der Waals surface area contributed by atoms with Gasteiger partial charge < -0.3 is 15.0 Å². The van der Waals surface area contributed by atoms with Crippen LogP contribution in [-0.2, 0) is 32.6 Å². The maximum Gasteiger partial charge on any atom is 0.244 e. The molecule has 4 aromatic rings. The molecule has 0 spiro atoms. The number of carbonyl (C=O) groups is 2. The summed E-state index contributed by atoms with van der Waals surface area (Å²) < 4.78 is 33.1. The Morgan fingerprint density at radius 3 is 1.96 bits per heavy atom. The molecule has 0 fully saturated rings. The van der Waals surface area contributed by atoms with Gasteiger partial charge in [0.05, 0.1) is 11.9 Å². The summed E-state index contributed by atoms with van der Waals surface area (Å²) in [6.45, 7) is 5.52. The lowest BCUT2D eigenvalue weighted by Gasteiger charge is -2.34. The molecule has 45 heavy (non-hydrogen) atoms. The average Bonchev–Trinajstić information content (AvgIpc) is 3.03. The van der Waals surface area contributed by atoms with E-state index in [1.165, 1.54) is 4.90 Å². The number of benzene rings is 4. The topological polar surface area (TPSA) is 96.0 Å². The van der Waals surface area contributed by atoms with Gasteiger partial charge >= 0.3 is 0 Å². The number of rotatable bonds is 14. The third-order valence-electron chi connectivity index (χ3n) is 7.53. The first kappa shape index (κ1) is 33.3. The predicted molar refractivity (Wildman–Crippen MR) is 179 cm³/mol. The van der Waals surface area contributed by atoms with Gasteiger partial charge in [-0.2, -0.15) is 0 Å². The lowest BCUT2D eigenvalue weighted by Crippen LogP contribution is -2.54. The molecule has 8 nitrogen and oxygen atoms in total. The number of ether oxygens (including phenoxy) is 1. The van der Waals surface area contributed by atoms with E-state index in [2.05, 4.69) is 5.32 Å². The second-order valence-corrected chi connectivity index (χ2v) is 13.1. The zero-order chi connectivity index (χ0) is 32.4. The Labute approximate surface area is 266 Å². The lowest BCUT2D eigenvalue weighted by atomic mass is 10.0. The molecule has 0 aromatic heterocycles. The van der Waals surface area contributed by atoms with Crippen LogP contribution in [0.3, 0.4) is 0 Å². The first-order valence-electron chi connectivity index (χ1n) is 15.0. The Bertz CT molecular complexity index is 1640. The molecule has 2 atom stereocenters. The van der Waals surface area contributed by atoms with E-state index in [4.69, 9.17) is 4.74 Å². The van der Waals surface area contributed by atoms with Crippen molar-refractivity contribution in [1.29, 1.82) is 0 Å². The SMILES string of the molecule is CC[C@H](C)NC(=O)[C@H](Cc1ccccc1)N(Cc1ccc(C)cc1)C(=O)CN(c1ccc(Oc2ccccc2)cc1)S(C)(=O)=O. The number of aryl methyl sites for hydroxylation is 1. The number of amides is 2. The smallest absolute Gasteiger partial charge is 0.244 e. The minimum Gasteiger partial charge on any atom is -0.457 e. The monoisotopic (exact) mass is 627 g/mol. The standard InChI is InChI=1S/C36H41N3O5S/c1-5-28(3)37-36(41)34(24-29-12-8-6-9-13-29)38(25-30-18-16-27(2)17-19-30)35(40)26-39(45(4,42)43)31-20-22-33(23-21-31)44-32-14-10-7-11-15-32/h6-23,28,34H,5,24-26H2,1-4H3,(H,37,41)/t28-,34-/m0/s1. The molecule has 2 amide bonds. The molecule has 4 rings (SSSR count). The van der Waals surface area contributed by atoms with Crippen LogP contribution in [0.5, 0.6) is 11.5 Å². The van der Waals surface area contributed by atoms with E-state index in [0.29, 0.717) is 17.2 Å². The molecule has 0 radical (unpaired) electrons. The second kappa shape index (κ2) is 15.4. The molecule has 0 bridgehead atoms. The average molecular weight is 628 g/mol. The van der Waals surface area contributed by atoms with Gasteiger partial charge in [-0.25, -0.2) is 8.42 Å². The summed E-state index contributed by atoms with van der Waals surface area (Å²) in [7, 11) is -3.88. The summed E-state index contributed by atoms with van der Waals surface area (Å²) in [5.41, 5.74) is 3.09. The molecule has 9 heteroatoms. The highest BCUT2D eigenvalue weighted by Gasteiger charge is 2.33. The van der Waals surface area contributed by atoms with Crippen molar-refractivity contribution in [2.45, 2.75) is 52.2 Å². The Balaban J connectivity index is 1.67. The van der Waals surface area contributed by atoms with Gasteiger partial charge in [0.2, 0.25) is 21.8 Å². The van der Waals surface area contributed by atoms with Gasteiger partial charge in [0.25, 0.3) is 0 Å². The van der Waals surface area contributed by atoms with Crippen molar-refractivity contribution in [1.82, 2.24) is 10.2 Å². The van der Waals surface area contributed by atoms with Gasteiger partial charge in [0, 0.05) is 19.0 Å². The van der Waals surface area contributed by atoms with Crippen LogP contribution < -0.4 is 14.4 Å². The first-order valence-corrected chi connectivity index (χ1v) is 16.9. The Morgan fingerprint density at radius 1 is 0.800 bits per heavy atom. The van der Waals surface area contributed by atoms with Crippen LogP contribution in [0, 0.1) is 6.92 Å². The van der Waals surface area contributed by atoms with Gasteiger partial charge in [0.15, 0.2) is 0 Å². The van der Waals surface area contributed by atoms with Crippen LogP contribution in [0.15, 0.2) is 109 Å². The molecule has 0 unspecified atom stereocenters. The minimum atomic E-state index is -3.88. The summed E-state index contributed by atoms with van der Waals surface area (Å²) in [6.07, 6.45) is 2.06. The largest absolute Gasteiger partial charge is 0.457 e. The summed E-state index contributed by atoms with van der Waals surface area (Å²) in [4.78, 5) is 29.6. The summed E-state index contributed by atoms with van der Waals surface area (Å²) in [6, 6.07) is 32.0. The highest BCUT2D eigenvalue weighted by molar-refractivity contribution is 7.92. The number of para-hydroxylation sites is 1. The van der Waals surface area contributed by atoms with Gasteiger partial charge in [-0.3, -0.25) is 13.9 Å². The van der Waals surface area contributed by atoms with Crippen LogP contribution in [0.2, 0.25) is 0 Å². The van der Waals surface area contributed by atoms with Crippen molar-refractivity contribution in [2.24, 2.45) is 0 Å². The van der Waals surface area contributed by atoms with Crippen molar-refractivity contribution in [2.75, 3.05) is 17.1 Å². The number of nitrogens with one attached hydrogen (secondary N) is 1. The quantitative estimate of drug-likeness (QED) is 0.182. The van der Waals surface area contributed by atoms with Crippen LogP contribution in [0.25, 0.3) is 0 Å². The number of anilines is 1. The molecule has 0 aliphatic carbocycles. The number of sulfonamides is 1. The van der Waals surface area contributed by atoms with Crippen molar-refractivity contribution in [3.8, 4) is 11.5 Å².